The smallest absolute Gasteiger partial charge is 0.321 e. The molecule has 0 radical (unpaired) electrons. The van der Waals surface area contributed by atoms with Crippen LogP contribution in [0.4, 0.5) is 10.5 Å². The maximum atomic E-state index is 12.5. The summed E-state index contributed by atoms with van der Waals surface area (Å²) in [5.41, 5.74) is 7.05. The van der Waals surface area contributed by atoms with E-state index in [0.29, 0.717) is 43.9 Å². The average Bonchev–Trinajstić information content (AvgIpc) is 2.96. The summed E-state index contributed by atoms with van der Waals surface area (Å²) >= 11 is 0. The van der Waals surface area contributed by atoms with E-state index in [0.717, 1.165) is 5.56 Å². The molecule has 142 valence electrons. The van der Waals surface area contributed by atoms with E-state index in [-0.39, 0.29) is 23.6 Å². The lowest BCUT2D eigenvalue weighted by Gasteiger charge is -2.37. The van der Waals surface area contributed by atoms with Crippen molar-refractivity contribution >= 4 is 27.5 Å². The maximum absolute atomic E-state index is 12.5. The third-order valence-corrected chi connectivity index (χ3v) is 6.84. The number of hydrogen-bond donors (Lipinski definition) is 2. The van der Waals surface area contributed by atoms with Crippen molar-refractivity contribution in [2.45, 2.75) is 19.4 Å². The molecule has 9 heteroatoms. The Balaban J connectivity index is 1.57. The van der Waals surface area contributed by atoms with Crippen molar-refractivity contribution in [3.05, 3.63) is 29.3 Å². The normalized spacial score (nSPS) is 23.0. The molecule has 3 rings (SSSR count). The van der Waals surface area contributed by atoms with Crippen LogP contribution < -0.4 is 11.1 Å². The van der Waals surface area contributed by atoms with Crippen LogP contribution in [0.2, 0.25) is 0 Å². The van der Waals surface area contributed by atoms with Gasteiger partial charge in [-0.15, -0.1) is 0 Å². The lowest BCUT2D eigenvalue weighted by Crippen LogP contribution is -2.53. The lowest BCUT2D eigenvalue weighted by atomic mass is 10.1. The Hall–Kier alpha value is -2.13. The van der Waals surface area contributed by atoms with Gasteiger partial charge in [-0.2, -0.15) is 0 Å². The van der Waals surface area contributed by atoms with Crippen molar-refractivity contribution < 1.29 is 18.0 Å². The molecule has 0 aliphatic carbocycles. The molecule has 0 aromatic heterocycles. The molecule has 2 aliphatic heterocycles. The number of nitrogens with one attached hydrogen (secondary N) is 1. The van der Waals surface area contributed by atoms with E-state index in [9.17, 15) is 18.0 Å². The van der Waals surface area contributed by atoms with Crippen molar-refractivity contribution in [3.8, 4) is 0 Å². The number of benzene rings is 1. The van der Waals surface area contributed by atoms with Crippen LogP contribution in [0.15, 0.2) is 18.2 Å². The molecule has 0 bridgehead atoms. The number of nitrogens with zero attached hydrogens (tertiary/aromatic N) is 2. The van der Waals surface area contributed by atoms with E-state index in [2.05, 4.69) is 10.2 Å². The molecule has 2 aliphatic rings. The first-order valence-corrected chi connectivity index (χ1v) is 10.5. The van der Waals surface area contributed by atoms with E-state index >= 15 is 0 Å². The Bertz CT molecular complexity index is 816. The Morgan fingerprint density at radius 2 is 1.88 bits per heavy atom. The fourth-order valence-corrected chi connectivity index (χ4v) is 5.22. The predicted octanol–water partition coefficient (Wildman–Crippen LogP) is 0.431. The van der Waals surface area contributed by atoms with Gasteiger partial charge in [0.25, 0.3) is 0 Å². The molecular formula is C17H24N4O4S. The van der Waals surface area contributed by atoms with Crippen LogP contribution in [0.1, 0.15) is 22.3 Å². The highest BCUT2D eigenvalue weighted by Crippen LogP contribution is 2.21. The van der Waals surface area contributed by atoms with Crippen LogP contribution in [0.25, 0.3) is 0 Å². The number of hydrogen-bond acceptors (Lipinski definition) is 5. The molecule has 0 saturated carbocycles. The number of carbonyl (C=O) groups excluding carboxylic acids is 2. The van der Waals surface area contributed by atoms with Gasteiger partial charge >= 0.3 is 6.03 Å². The van der Waals surface area contributed by atoms with Crippen LogP contribution >= 0.6 is 0 Å². The second kappa shape index (κ2) is 7.24. The van der Waals surface area contributed by atoms with Gasteiger partial charge in [-0.1, -0.05) is 6.07 Å². The van der Waals surface area contributed by atoms with Gasteiger partial charge < -0.3 is 16.0 Å². The van der Waals surface area contributed by atoms with Crippen LogP contribution in [0.3, 0.4) is 0 Å². The fourth-order valence-electron chi connectivity index (χ4n) is 3.46. The van der Waals surface area contributed by atoms with E-state index in [1.807, 2.05) is 6.92 Å². The molecule has 2 fully saturated rings. The van der Waals surface area contributed by atoms with Crippen molar-refractivity contribution in [1.29, 1.82) is 0 Å². The van der Waals surface area contributed by atoms with Gasteiger partial charge in [-0.05, 0) is 31.0 Å². The van der Waals surface area contributed by atoms with Crippen LogP contribution in [-0.4, -0.2) is 73.9 Å². The van der Waals surface area contributed by atoms with Crippen LogP contribution in [-0.2, 0) is 9.84 Å². The summed E-state index contributed by atoms with van der Waals surface area (Å²) in [7, 11) is -2.90. The van der Waals surface area contributed by atoms with E-state index in [1.54, 1.807) is 23.1 Å². The highest BCUT2D eigenvalue weighted by atomic mass is 32.2. The first-order chi connectivity index (χ1) is 12.2. The summed E-state index contributed by atoms with van der Waals surface area (Å²) in [5.74, 6) is -0.0628. The summed E-state index contributed by atoms with van der Waals surface area (Å²) in [6.45, 7) is 4.24. The van der Waals surface area contributed by atoms with Gasteiger partial charge in [0.2, 0.25) is 5.91 Å². The molecule has 0 spiro atoms. The number of anilines is 1. The zero-order chi connectivity index (χ0) is 18.9. The second-order valence-electron chi connectivity index (χ2n) is 6.90. The molecule has 3 amide bonds. The predicted molar refractivity (Wildman–Crippen MR) is 98.9 cm³/mol. The first kappa shape index (κ1) is 18.7. The minimum atomic E-state index is -2.90. The van der Waals surface area contributed by atoms with Gasteiger partial charge in [-0.3, -0.25) is 9.69 Å². The van der Waals surface area contributed by atoms with Gasteiger partial charge in [0, 0.05) is 43.5 Å². The second-order valence-corrected chi connectivity index (χ2v) is 9.13. The van der Waals surface area contributed by atoms with Gasteiger partial charge in [0.05, 0.1) is 11.5 Å². The zero-order valence-corrected chi connectivity index (χ0v) is 15.6. The number of amides is 3. The maximum Gasteiger partial charge on any atom is 0.321 e. The average molecular weight is 380 g/mol. The quantitative estimate of drug-likeness (QED) is 0.790. The van der Waals surface area contributed by atoms with E-state index < -0.39 is 15.7 Å². The lowest BCUT2D eigenvalue weighted by molar-refractivity contribution is 0.1000. The monoisotopic (exact) mass is 380 g/mol. The molecule has 2 heterocycles. The number of sulfone groups is 1. The van der Waals surface area contributed by atoms with E-state index in [4.69, 9.17) is 5.73 Å². The van der Waals surface area contributed by atoms with Crippen LogP contribution in [0, 0.1) is 6.92 Å². The highest BCUT2D eigenvalue weighted by Gasteiger charge is 2.34. The molecule has 0 unspecified atom stereocenters. The number of nitrogens with two attached hydrogens (primary N) is 1. The Morgan fingerprint density at radius 1 is 1.19 bits per heavy atom. The van der Waals surface area contributed by atoms with E-state index in [1.165, 1.54) is 0 Å². The number of urea groups is 1. The number of primary amides is 1. The number of carbonyl (C=O) groups is 2. The highest BCUT2D eigenvalue weighted by molar-refractivity contribution is 7.91. The fraction of sp³-hybridized carbons (Fsp3) is 0.529. The Kier molecular flexibility index (Phi) is 5.19. The van der Waals surface area contributed by atoms with Crippen molar-refractivity contribution in [1.82, 2.24) is 9.80 Å². The van der Waals surface area contributed by atoms with Gasteiger partial charge in [-0.25, -0.2) is 13.2 Å². The molecular weight excluding hydrogens is 356 g/mol. The molecule has 26 heavy (non-hydrogen) atoms. The Labute approximate surface area is 153 Å². The molecule has 8 nitrogen and oxygen atoms in total. The van der Waals surface area contributed by atoms with Crippen molar-refractivity contribution in [2.75, 3.05) is 43.0 Å². The third kappa shape index (κ3) is 4.16. The summed E-state index contributed by atoms with van der Waals surface area (Å²) in [6.07, 6.45) is 0.674. The van der Waals surface area contributed by atoms with Gasteiger partial charge in [0.1, 0.15) is 0 Å². The van der Waals surface area contributed by atoms with Gasteiger partial charge in [0.15, 0.2) is 9.84 Å². The topological polar surface area (TPSA) is 113 Å². The van der Waals surface area contributed by atoms with Crippen molar-refractivity contribution in [2.24, 2.45) is 5.73 Å². The SMILES string of the molecule is Cc1ccc(C(N)=O)cc1NC(=O)N1CCN([C@@H]2CCS(=O)(=O)C2)CC1. The summed E-state index contributed by atoms with van der Waals surface area (Å²) in [4.78, 5) is 27.7. The zero-order valence-electron chi connectivity index (χ0n) is 14.8. The van der Waals surface area contributed by atoms with Crippen molar-refractivity contribution in [3.63, 3.8) is 0 Å². The van der Waals surface area contributed by atoms with Crippen LogP contribution in [0.5, 0.6) is 0 Å². The summed E-state index contributed by atoms with van der Waals surface area (Å²) < 4.78 is 23.3. The standard InChI is InChI=1S/C17H24N4O4S/c1-12-2-3-13(16(18)22)10-15(12)19-17(23)21-7-5-20(6-8-21)14-4-9-26(24,25)11-14/h2-3,10,14H,4-9,11H2,1H3,(H2,18,22)(H,19,23)/t14-/m1/s1. The minimum absolute atomic E-state index is 0.0692. The summed E-state index contributed by atoms with van der Waals surface area (Å²) in [5, 5.41) is 2.84. The number of aryl methyl sites for hydroxylation is 1. The number of piperazine rings is 1. The molecule has 2 saturated heterocycles. The Morgan fingerprint density at radius 3 is 2.46 bits per heavy atom. The molecule has 3 N–H and O–H groups in total. The first-order valence-electron chi connectivity index (χ1n) is 8.66. The minimum Gasteiger partial charge on any atom is -0.366 e. The molecule has 1 aromatic rings. The largest absolute Gasteiger partial charge is 0.366 e. The molecule has 1 atom stereocenters. The third-order valence-electron chi connectivity index (χ3n) is 5.09. The summed E-state index contributed by atoms with van der Waals surface area (Å²) in [6, 6.07) is 4.79. The molecule has 1 aromatic carbocycles. The number of rotatable bonds is 3.